The number of pyridine rings is 1. The highest BCUT2D eigenvalue weighted by Crippen LogP contribution is 2.39. The van der Waals surface area contributed by atoms with Gasteiger partial charge in [-0.3, -0.25) is 9.88 Å². The Morgan fingerprint density at radius 3 is 2.84 bits per heavy atom. The second-order valence-electron chi connectivity index (χ2n) is 8.06. The van der Waals surface area contributed by atoms with Crippen LogP contribution >= 0.6 is 0 Å². The maximum atomic E-state index is 12.4. The van der Waals surface area contributed by atoms with Gasteiger partial charge in [-0.05, 0) is 62.2 Å². The predicted octanol–water partition coefficient (Wildman–Crippen LogP) is 2.66. The summed E-state index contributed by atoms with van der Waals surface area (Å²) >= 11 is 0. The normalized spacial score (nSPS) is 20.2. The average molecular weight is 444 g/mol. The van der Waals surface area contributed by atoms with Gasteiger partial charge >= 0.3 is 0 Å². The number of furan rings is 1. The van der Waals surface area contributed by atoms with Crippen molar-refractivity contribution in [3.63, 3.8) is 0 Å². The van der Waals surface area contributed by atoms with Gasteiger partial charge in [0.2, 0.25) is 10.0 Å². The number of fused-ring (bicyclic) bond motifs is 3. The molecule has 4 heterocycles. The number of sulfonamides is 1. The minimum Gasteiger partial charge on any atom is -0.486 e. The average Bonchev–Trinajstić information content (AvgIpc) is 3.29. The van der Waals surface area contributed by atoms with Gasteiger partial charge in [0.1, 0.15) is 23.2 Å². The van der Waals surface area contributed by atoms with E-state index >= 15 is 0 Å². The van der Waals surface area contributed by atoms with Gasteiger partial charge in [-0.2, -0.15) is 0 Å². The number of piperidine rings is 1. The van der Waals surface area contributed by atoms with E-state index < -0.39 is 10.0 Å². The molecular weight excluding hydrogens is 418 g/mol. The lowest BCUT2D eigenvalue weighted by molar-refractivity contribution is 0.0495. The fourth-order valence-electron chi connectivity index (χ4n) is 4.18. The number of likely N-dealkylation sites (tertiary alicyclic amines) is 1. The maximum absolute atomic E-state index is 12.4. The minimum absolute atomic E-state index is 0.0476. The van der Waals surface area contributed by atoms with E-state index in [1.165, 1.54) is 6.20 Å². The van der Waals surface area contributed by atoms with Crippen LogP contribution < -0.4 is 14.2 Å². The third-order valence-electron chi connectivity index (χ3n) is 5.93. The molecule has 0 amide bonds. The molecule has 8 nitrogen and oxygen atoms in total. The summed E-state index contributed by atoms with van der Waals surface area (Å²) in [4.78, 5) is 6.45. The monoisotopic (exact) mass is 443 g/mol. The van der Waals surface area contributed by atoms with Crippen molar-refractivity contribution in [3.8, 4) is 11.5 Å². The van der Waals surface area contributed by atoms with E-state index in [1.807, 2.05) is 18.2 Å². The van der Waals surface area contributed by atoms with E-state index in [9.17, 15) is 8.42 Å². The summed E-state index contributed by atoms with van der Waals surface area (Å²) in [5.74, 6) is 1.82. The van der Waals surface area contributed by atoms with E-state index in [0.717, 1.165) is 54.9 Å². The topological polar surface area (TPSA) is 93.9 Å². The van der Waals surface area contributed by atoms with Crippen LogP contribution in [0.15, 0.2) is 58.3 Å². The standard InChI is InChI=1S/C22H25N3O5S/c26-31(27,18-2-1-8-23-13-18)24-12-16-5-9-25(10-6-16)14-17-15-29-21-4-3-20-19(7-11-28-20)22(21)30-17/h1-4,7-8,11,13,16-17,24H,5-6,9-10,12,14-15H2/t17-/m0/s1. The van der Waals surface area contributed by atoms with Crippen molar-refractivity contribution in [3.05, 3.63) is 49.0 Å². The molecule has 0 bridgehead atoms. The van der Waals surface area contributed by atoms with E-state index in [0.29, 0.717) is 19.1 Å². The second-order valence-corrected chi connectivity index (χ2v) is 9.83. The van der Waals surface area contributed by atoms with Crippen LogP contribution in [-0.2, 0) is 10.0 Å². The summed E-state index contributed by atoms with van der Waals surface area (Å²) in [6, 6.07) is 8.86. The summed E-state index contributed by atoms with van der Waals surface area (Å²) in [6.45, 7) is 3.55. The van der Waals surface area contributed by atoms with Crippen LogP contribution in [0, 0.1) is 5.92 Å². The molecule has 164 valence electrons. The number of ether oxygens (including phenoxy) is 2. The SMILES string of the molecule is O=S(=O)(NCC1CCN(C[C@H]2COc3ccc4occc4c3O2)CC1)c1cccnc1. The van der Waals surface area contributed by atoms with Gasteiger partial charge in [0.05, 0.1) is 11.6 Å². The van der Waals surface area contributed by atoms with Crippen molar-refractivity contribution in [2.24, 2.45) is 5.92 Å². The van der Waals surface area contributed by atoms with Crippen molar-refractivity contribution >= 4 is 21.0 Å². The number of hydrogen-bond acceptors (Lipinski definition) is 7. The molecule has 0 aliphatic carbocycles. The molecule has 2 aliphatic heterocycles. The van der Waals surface area contributed by atoms with Crippen molar-refractivity contribution in [2.75, 3.05) is 32.8 Å². The number of hydrogen-bond donors (Lipinski definition) is 1. The molecule has 1 saturated heterocycles. The maximum Gasteiger partial charge on any atom is 0.242 e. The molecule has 0 saturated carbocycles. The summed E-state index contributed by atoms with van der Waals surface area (Å²) in [5, 5.41) is 0.932. The summed E-state index contributed by atoms with van der Waals surface area (Å²) in [6.07, 6.45) is 6.41. The Hall–Kier alpha value is -2.62. The molecule has 1 fully saturated rings. The predicted molar refractivity (Wildman–Crippen MR) is 115 cm³/mol. The first-order valence-corrected chi connectivity index (χ1v) is 12.0. The molecule has 5 rings (SSSR count). The summed E-state index contributed by atoms with van der Waals surface area (Å²) < 4.78 is 45.1. The quantitative estimate of drug-likeness (QED) is 0.626. The number of aromatic nitrogens is 1. The number of benzene rings is 1. The summed E-state index contributed by atoms with van der Waals surface area (Å²) in [5.41, 5.74) is 0.789. The highest BCUT2D eigenvalue weighted by Gasteiger charge is 2.28. The van der Waals surface area contributed by atoms with E-state index in [4.69, 9.17) is 13.9 Å². The number of rotatable bonds is 6. The van der Waals surface area contributed by atoms with Crippen LogP contribution in [0.1, 0.15) is 12.8 Å². The summed E-state index contributed by atoms with van der Waals surface area (Å²) in [7, 11) is -3.51. The first-order chi connectivity index (χ1) is 15.1. The Labute approximate surface area is 181 Å². The molecule has 9 heteroatoms. The Morgan fingerprint density at radius 1 is 1.16 bits per heavy atom. The fourth-order valence-corrected chi connectivity index (χ4v) is 5.26. The zero-order chi connectivity index (χ0) is 21.3. The Morgan fingerprint density at radius 2 is 2.03 bits per heavy atom. The van der Waals surface area contributed by atoms with Crippen molar-refractivity contribution < 1.29 is 22.3 Å². The van der Waals surface area contributed by atoms with Crippen molar-refractivity contribution in [1.29, 1.82) is 0 Å². The largest absolute Gasteiger partial charge is 0.486 e. The fraction of sp³-hybridized carbons (Fsp3) is 0.409. The van der Waals surface area contributed by atoms with Crippen LogP contribution in [-0.4, -0.2) is 57.2 Å². The Bertz CT molecular complexity index is 1140. The lowest BCUT2D eigenvalue weighted by Crippen LogP contribution is -2.45. The van der Waals surface area contributed by atoms with Gasteiger partial charge in [-0.25, -0.2) is 13.1 Å². The highest BCUT2D eigenvalue weighted by atomic mass is 32.2. The molecule has 1 N–H and O–H groups in total. The van der Waals surface area contributed by atoms with Gasteiger partial charge in [0.15, 0.2) is 11.5 Å². The van der Waals surface area contributed by atoms with Crippen molar-refractivity contribution in [2.45, 2.75) is 23.8 Å². The van der Waals surface area contributed by atoms with Gasteiger partial charge in [-0.15, -0.1) is 0 Å². The molecule has 1 atom stereocenters. The van der Waals surface area contributed by atoms with Gasteiger partial charge in [0, 0.05) is 25.5 Å². The zero-order valence-electron chi connectivity index (χ0n) is 17.1. The first-order valence-electron chi connectivity index (χ1n) is 10.5. The number of nitrogens with one attached hydrogen (secondary N) is 1. The van der Waals surface area contributed by atoms with Gasteiger partial charge in [-0.1, -0.05) is 0 Å². The second kappa shape index (κ2) is 8.49. The van der Waals surface area contributed by atoms with E-state index in [-0.39, 0.29) is 11.0 Å². The van der Waals surface area contributed by atoms with E-state index in [2.05, 4.69) is 14.6 Å². The zero-order valence-corrected chi connectivity index (χ0v) is 17.9. The third kappa shape index (κ3) is 4.39. The van der Waals surface area contributed by atoms with Crippen LogP contribution in [0.3, 0.4) is 0 Å². The smallest absolute Gasteiger partial charge is 0.242 e. The Balaban J connectivity index is 1.12. The van der Waals surface area contributed by atoms with Crippen LogP contribution in [0.25, 0.3) is 11.0 Å². The van der Waals surface area contributed by atoms with Gasteiger partial charge < -0.3 is 13.9 Å². The Kier molecular flexibility index (Phi) is 5.56. The van der Waals surface area contributed by atoms with E-state index in [1.54, 1.807) is 24.6 Å². The minimum atomic E-state index is -3.51. The van der Waals surface area contributed by atoms with Crippen LogP contribution in [0.2, 0.25) is 0 Å². The molecule has 1 aromatic carbocycles. The third-order valence-corrected chi connectivity index (χ3v) is 7.34. The van der Waals surface area contributed by atoms with Crippen LogP contribution in [0.5, 0.6) is 11.5 Å². The molecule has 0 unspecified atom stereocenters. The molecular formula is C22H25N3O5S. The molecule has 3 aromatic rings. The highest BCUT2D eigenvalue weighted by molar-refractivity contribution is 7.89. The first kappa shape index (κ1) is 20.3. The molecule has 31 heavy (non-hydrogen) atoms. The lowest BCUT2D eigenvalue weighted by Gasteiger charge is -2.35. The van der Waals surface area contributed by atoms with Crippen LogP contribution in [0.4, 0.5) is 0 Å². The molecule has 2 aliphatic rings. The molecule has 2 aromatic heterocycles. The molecule has 0 radical (unpaired) electrons. The van der Waals surface area contributed by atoms with Crippen molar-refractivity contribution in [1.82, 2.24) is 14.6 Å². The lowest BCUT2D eigenvalue weighted by atomic mass is 9.97. The number of nitrogens with zero attached hydrogens (tertiary/aromatic N) is 2. The van der Waals surface area contributed by atoms with Gasteiger partial charge in [0.25, 0.3) is 0 Å². The molecule has 0 spiro atoms.